The average Bonchev–Trinajstić information content (AvgIpc) is 2.40. The minimum absolute atomic E-state index is 0.186. The smallest absolute Gasteiger partial charge is 0.207 e. The average molecular weight is 233 g/mol. The lowest BCUT2D eigenvalue weighted by Crippen LogP contribution is -2.43. The Bertz CT molecular complexity index is 384. The minimum atomic E-state index is -0.186. The van der Waals surface area contributed by atoms with Crippen LogP contribution >= 0.6 is 0 Å². The third-order valence-corrected chi connectivity index (χ3v) is 3.66. The molecular weight excluding hydrogens is 214 g/mol. The molecule has 1 fully saturated rings. The normalized spacial score (nSPS) is 18.4. The van der Waals surface area contributed by atoms with Crippen LogP contribution in [0.25, 0.3) is 0 Å². The summed E-state index contributed by atoms with van der Waals surface area (Å²) in [4.78, 5) is 10.9. The van der Waals surface area contributed by atoms with Crippen molar-refractivity contribution in [2.75, 3.05) is 7.11 Å². The van der Waals surface area contributed by atoms with E-state index >= 15 is 0 Å². The fraction of sp³-hybridized carbons (Fsp3) is 0.500. The van der Waals surface area contributed by atoms with E-state index < -0.39 is 0 Å². The van der Waals surface area contributed by atoms with E-state index in [1.165, 1.54) is 6.42 Å². The fourth-order valence-corrected chi connectivity index (χ4v) is 2.71. The summed E-state index contributed by atoms with van der Waals surface area (Å²) in [5.41, 5.74) is 0.970. The van der Waals surface area contributed by atoms with E-state index in [2.05, 4.69) is 11.4 Å². The third kappa shape index (κ3) is 2.43. The summed E-state index contributed by atoms with van der Waals surface area (Å²) in [6.07, 6.45) is 6.44. The molecule has 1 amide bonds. The van der Waals surface area contributed by atoms with Crippen LogP contribution in [-0.2, 0) is 10.3 Å². The Hall–Kier alpha value is -1.51. The first kappa shape index (κ1) is 12.0. The third-order valence-electron chi connectivity index (χ3n) is 3.66. The van der Waals surface area contributed by atoms with Crippen molar-refractivity contribution in [1.29, 1.82) is 0 Å². The Morgan fingerprint density at radius 2 is 2.06 bits per heavy atom. The van der Waals surface area contributed by atoms with Gasteiger partial charge in [0.1, 0.15) is 5.75 Å². The zero-order valence-electron chi connectivity index (χ0n) is 10.2. The first-order valence-electron chi connectivity index (χ1n) is 6.17. The van der Waals surface area contributed by atoms with Gasteiger partial charge in [-0.2, -0.15) is 0 Å². The topological polar surface area (TPSA) is 38.3 Å². The van der Waals surface area contributed by atoms with Crippen molar-refractivity contribution in [1.82, 2.24) is 5.32 Å². The Kier molecular flexibility index (Phi) is 3.67. The highest BCUT2D eigenvalue weighted by Crippen LogP contribution is 2.37. The van der Waals surface area contributed by atoms with Crippen LogP contribution in [0.15, 0.2) is 24.3 Å². The van der Waals surface area contributed by atoms with Gasteiger partial charge in [0.15, 0.2) is 0 Å². The highest BCUT2D eigenvalue weighted by atomic mass is 16.5. The molecule has 0 spiro atoms. The molecule has 1 aliphatic rings. The molecule has 0 aliphatic heterocycles. The van der Waals surface area contributed by atoms with Crippen LogP contribution in [0.4, 0.5) is 0 Å². The zero-order chi connectivity index (χ0) is 12.1. The van der Waals surface area contributed by atoms with E-state index in [9.17, 15) is 4.79 Å². The van der Waals surface area contributed by atoms with Gasteiger partial charge in [0.05, 0.1) is 12.6 Å². The molecule has 0 atom stereocenters. The quantitative estimate of drug-likeness (QED) is 0.812. The van der Waals surface area contributed by atoms with Crippen LogP contribution in [0.3, 0.4) is 0 Å². The molecule has 1 aliphatic carbocycles. The molecule has 0 aromatic heterocycles. The summed E-state index contributed by atoms with van der Waals surface area (Å²) in [6.45, 7) is 0. The molecule has 2 rings (SSSR count). The first-order valence-corrected chi connectivity index (χ1v) is 6.17. The number of ether oxygens (including phenoxy) is 1. The predicted molar refractivity (Wildman–Crippen MR) is 67.0 cm³/mol. The highest BCUT2D eigenvalue weighted by molar-refractivity contribution is 5.50. The van der Waals surface area contributed by atoms with Crippen LogP contribution in [0.5, 0.6) is 5.75 Å². The largest absolute Gasteiger partial charge is 0.497 e. The molecular formula is C14H19NO2. The Balaban J connectivity index is 2.33. The number of rotatable bonds is 4. The number of methoxy groups -OCH3 is 1. The van der Waals surface area contributed by atoms with E-state index in [1.54, 1.807) is 7.11 Å². The van der Waals surface area contributed by atoms with E-state index in [1.807, 2.05) is 18.2 Å². The van der Waals surface area contributed by atoms with Crippen LogP contribution in [0.1, 0.15) is 37.7 Å². The van der Waals surface area contributed by atoms with Gasteiger partial charge in [0.2, 0.25) is 6.41 Å². The molecule has 1 aromatic rings. The fourth-order valence-electron chi connectivity index (χ4n) is 2.71. The number of carbonyl (C=O) groups excluding carboxylic acids is 1. The summed E-state index contributed by atoms with van der Waals surface area (Å²) in [5.74, 6) is 0.847. The van der Waals surface area contributed by atoms with Crippen LogP contribution < -0.4 is 10.1 Å². The van der Waals surface area contributed by atoms with Crippen molar-refractivity contribution in [3.8, 4) is 5.75 Å². The van der Waals surface area contributed by atoms with Crippen molar-refractivity contribution in [2.24, 2.45) is 0 Å². The summed E-state index contributed by atoms with van der Waals surface area (Å²) < 4.78 is 5.25. The Morgan fingerprint density at radius 3 is 2.71 bits per heavy atom. The molecule has 1 N–H and O–H groups in total. The number of hydrogen-bond acceptors (Lipinski definition) is 2. The van der Waals surface area contributed by atoms with Crippen LogP contribution in [0.2, 0.25) is 0 Å². The minimum Gasteiger partial charge on any atom is -0.497 e. The molecule has 0 saturated heterocycles. The number of carbonyl (C=O) groups is 1. The maximum atomic E-state index is 10.9. The second-order valence-corrected chi connectivity index (χ2v) is 4.64. The summed E-state index contributed by atoms with van der Waals surface area (Å²) in [7, 11) is 1.67. The maximum absolute atomic E-state index is 10.9. The van der Waals surface area contributed by atoms with Crippen molar-refractivity contribution in [3.63, 3.8) is 0 Å². The number of hydrogen-bond donors (Lipinski definition) is 1. The van der Waals surface area contributed by atoms with Crippen LogP contribution in [-0.4, -0.2) is 13.5 Å². The monoisotopic (exact) mass is 233 g/mol. The molecule has 0 bridgehead atoms. The van der Waals surface area contributed by atoms with Crippen molar-refractivity contribution >= 4 is 6.41 Å². The van der Waals surface area contributed by atoms with Gasteiger partial charge < -0.3 is 10.1 Å². The van der Waals surface area contributed by atoms with Crippen molar-refractivity contribution < 1.29 is 9.53 Å². The van der Waals surface area contributed by atoms with Gasteiger partial charge in [0.25, 0.3) is 0 Å². The van der Waals surface area contributed by atoms with E-state index in [0.717, 1.165) is 43.4 Å². The summed E-state index contributed by atoms with van der Waals surface area (Å²) in [6, 6.07) is 8.02. The molecule has 0 unspecified atom stereocenters. The molecule has 1 saturated carbocycles. The predicted octanol–water partition coefficient (Wildman–Crippen LogP) is 2.60. The number of amides is 1. The summed E-state index contributed by atoms with van der Waals surface area (Å²) >= 11 is 0. The standard InChI is InChI=1S/C14H19NO2/c1-17-13-7-5-6-12(10-13)14(15-11-16)8-3-2-4-9-14/h5-7,10-11H,2-4,8-9H2,1H3,(H,15,16). The van der Waals surface area contributed by atoms with E-state index in [0.29, 0.717) is 0 Å². The molecule has 3 nitrogen and oxygen atoms in total. The molecule has 92 valence electrons. The van der Waals surface area contributed by atoms with Gasteiger partial charge in [-0.15, -0.1) is 0 Å². The van der Waals surface area contributed by atoms with Gasteiger partial charge in [0, 0.05) is 0 Å². The second-order valence-electron chi connectivity index (χ2n) is 4.64. The lowest BCUT2D eigenvalue weighted by molar-refractivity contribution is -0.111. The number of benzene rings is 1. The molecule has 3 heteroatoms. The lowest BCUT2D eigenvalue weighted by Gasteiger charge is -2.37. The zero-order valence-corrected chi connectivity index (χ0v) is 10.2. The van der Waals surface area contributed by atoms with Gasteiger partial charge in [-0.25, -0.2) is 0 Å². The van der Waals surface area contributed by atoms with E-state index in [4.69, 9.17) is 4.74 Å². The molecule has 0 heterocycles. The van der Waals surface area contributed by atoms with Gasteiger partial charge in [-0.1, -0.05) is 31.4 Å². The molecule has 17 heavy (non-hydrogen) atoms. The van der Waals surface area contributed by atoms with E-state index in [-0.39, 0.29) is 5.54 Å². The SMILES string of the molecule is COc1cccc(C2(NC=O)CCCCC2)c1. The first-order chi connectivity index (χ1) is 8.30. The molecule has 0 radical (unpaired) electrons. The lowest BCUT2D eigenvalue weighted by atomic mass is 9.76. The van der Waals surface area contributed by atoms with Crippen molar-refractivity contribution in [3.05, 3.63) is 29.8 Å². The van der Waals surface area contributed by atoms with Crippen molar-refractivity contribution in [2.45, 2.75) is 37.6 Å². The van der Waals surface area contributed by atoms with Crippen LogP contribution in [0, 0.1) is 0 Å². The van der Waals surface area contributed by atoms with Gasteiger partial charge in [-0.05, 0) is 30.5 Å². The number of nitrogens with one attached hydrogen (secondary N) is 1. The van der Waals surface area contributed by atoms with Gasteiger partial charge in [-0.3, -0.25) is 4.79 Å². The Morgan fingerprint density at radius 1 is 1.29 bits per heavy atom. The summed E-state index contributed by atoms with van der Waals surface area (Å²) in [5, 5.41) is 3.03. The molecule has 1 aromatic carbocycles. The Labute approximate surface area is 102 Å². The second kappa shape index (κ2) is 5.21. The van der Waals surface area contributed by atoms with Gasteiger partial charge >= 0.3 is 0 Å². The maximum Gasteiger partial charge on any atom is 0.207 e. The highest BCUT2D eigenvalue weighted by Gasteiger charge is 2.33.